The number of piperazine rings is 1. The Labute approximate surface area is 229 Å². The van der Waals surface area contributed by atoms with Crippen LogP contribution >= 0.6 is 47.2 Å². The molecule has 1 fully saturated rings. The molecule has 1 heterocycles. The molecule has 194 valence electrons. The predicted molar refractivity (Wildman–Crippen MR) is 145 cm³/mol. The van der Waals surface area contributed by atoms with Gasteiger partial charge in [-0.15, -0.1) is 0 Å². The van der Waals surface area contributed by atoms with Gasteiger partial charge in [0.25, 0.3) is 5.69 Å². The maximum absolute atomic E-state index is 13.6. The lowest BCUT2D eigenvalue weighted by molar-refractivity contribution is -0.385. The van der Waals surface area contributed by atoms with Crippen molar-refractivity contribution < 1.29 is 18.1 Å². The molecule has 3 rings (SSSR count). The van der Waals surface area contributed by atoms with Gasteiger partial charge in [0.15, 0.2) is 5.11 Å². The number of nitrogens with one attached hydrogen (secondary N) is 1. The Morgan fingerprint density at radius 1 is 1.14 bits per heavy atom. The van der Waals surface area contributed by atoms with Crippen LogP contribution in [0.1, 0.15) is 19.8 Å². The zero-order chi connectivity index (χ0) is 26.5. The topological polar surface area (TPSA) is 113 Å². The SMILES string of the molecule is CCC(=O)CCNC(=S)N1CCN(S(=O)(=O)c2cc([N+](=O)[O-])ccc2Sc2cc(Cl)ccc2Cl)CC1. The number of hydrogen-bond donors (Lipinski definition) is 1. The fourth-order valence-electron chi connectivity index (χ4n) is 3.44. The number of rotatable bonds is 9. The van der Waals surface area contributed by atoms with Gasteiger partial charge < -0.3 is 10.2 Å². The molecular formula is C22H24Cl2N4O5S3. The van der Waals surface area contributed by atoms with Crippen molar-refractivity contribution in [2.45, 2.75) is 34.5 Å². The lowest BCUT2D eigenvalue weighted by atomic mass is 10.2. The Bertz CT molecular complexity index is 1270. The van der Waals surface area contributed by atoms with Crippen molar-refractivity contribution in [3.8, 4) is 0 Å². The third-order valence-electron chi connectivity index (χ3n) is 5.47. The standard InChI is InChI=1S/C22H24Cl2N4O5S3/c1-2-17(29)7-8-25-22(34)26-9-11-27(12-10-26)36(32,33)21-14-16(28(30)31)4-6-19(21)35-20-13-15(23)3-5-18(20)24/h3-6,13-14H,2,7-12H2,1H3,(H,25,34). The molecule has 36 heavy (non-hydrogen) atoms. The first-order chi connectivity index (χ1) is 17.0. The second kappa shape index (κ2) is 12.5. The second-order valence-corrected chi connectivity index (χ2v) is 12.1. The van der Waals surface area contributed by atoms with E-state index in [0.717, 1.165) is 17.8 Å². The molecule has 1 aliphatic heterocycles. The van der Waals surface area contributed by atoms with Crippen LogP contribution in [0.4, 0.5) is 5.69 Å². The van der Waals surface area contributed by atoms with Gasteiger partial charge in [-0.1, -0.05) is 41.9 Å². The van der Waals surface area contributed by atoms with Crippen LogP contribution in [-0.4, -0.2) is 66.2 Å². The van der Waals surface area contributed by atoms with Crippen molar-refractivity contribution in [3.63, 3.8) is 0 Å². The average molecular weight is 592 g/mol. The van der Waals surface area contributed by atoms with Crippen LogP contribution in [0.2, 0.25) is 10.0 Å². The minimum atomic E-state index is -4.08. The van der Waals surface area contributed by atoms with E-state index in [1.165, 1.54) is 16.4 Å². The van der Waals surface area contributed by atoms with Crippen LogP contribution in [0.15, 0.2) is 51.1 Å². The maximum Gasteiger partial charge on any atom is 0.270 e. The number of Topliss-reactive ketones (excluding diaryl/α,β-unsaturated/α-hetero) is 1. The number of hydrogen-bond acceptors (Lipinski definition) is 7. The van der Waals surface area contributed by atoms with Gasteiger partial charge in [0.05, 0.1) is 9.95 Å². The number of thiocarbonyl (C=S) groups is 1. The summed E-state index contributed by atoms with van der Waals surface area (Å²) in [6, 6.07) is 8.54. The number of non-ortho nitro benzene ring substituents is 1. The van der Waals surface area contributed by atoms with E-state index in [2.05, 4.69) is 5.32 Å². The smallest absolute Gasteiger partial charge is 0.270 e. The van der Waals surface area contributed by atoms with Gasteiger partial charge >= 0.3 is 0 Å². The van der Waals surface area contributed by atoms with Crippen molar-refractivity contribution in [2.24, 2.45) is 0 Å². The second-order valence-electron chi connectivity index (χ2n) is 7.83. The summed E-state index contributed by atoms with van der Waals surface area (Å²) >= 11 is 18.8. The molecule has 14 heteroatoms. The number of carbonyl (C=O) groups is 1. The normalized spacial score (nSPS) is 14.5. The molecule has 0 spiro atoms. The van der Waals surface area contributed by atoms with Crippen molar-refractivity contribution in [3.05, 3.63) is 56.6 Å². The molecule has 0 bridgehead atoms. The minimum absolute atomic E-state index is 0.130. The van der Waals surface area contributed by atoms with Crippen LogP contribution in [0.3, 0.4) is 0 Å². The highest BCUT2D eigenvalue weighted by atomic mass is 35.5. The largest absolute Gasteiger partial charge is 0.362 e. The molecule has 0 atom stereocenters. The van der Waals surface area contributed by atoms with Gasteiger partial charge in [0.2, 0.25) is 10.0 Å². The summed E-state index contributed by atoms with van der Waals surface area (Å²) in [6.07, 6.45) is 0.835. The molecule has 0 aliphatic carbocycles. The van der Waals surface area contributed by atoms with Gasteiger partial charge in [-0.25, -0.2) is 8.42 Å². The fraction of sp³-hybridized carbons (Fsp3) is 0.364. The Morgan fingerprint density at radius 3 is 2.47 bits per heavy atom. The van der Waals surface area contributed by atoms with Gasteiger partial charge in [0.1, 0.15) is 10.7 Å². The first-order valence-corrected chi connectivity index (χ1v) is 14.4. The van der Waals surface area contributed by atoms with Crippen molar-refractivity contribution in [1.29, 1.82) is 0 Å². The molecule has 0 unspecified atom stereocenters. The van der Waals surface area contributed by atoms with E-state index in [9.17, 15) is 23.3 Å². The summed E-state index contributed by atoms with van der Waals surface area (Å²) in [5.74, 6) is 0.130. The lowest BCUT2D eigenvalue weighted by Gasteiger charge is -2.35. The van der Waals surface area contributed by atoms with E-state index in [-0.39, 0.29) is 29.5 Å². The molecule has 0 saturated carbocycles. The Hall–Kier alpha value is -1.96. The number of sulfonamides is 1. The summed E-state index contributed by atoms with van der Waals surface area (Å²) in [6.45, 7) is 3.18. The van der Waals surface area contributed by atoms with Crippen molar-refractivity contribution in [2.75, 3.05) is 32.7 Å². The summed E-state index contributed by atoms with van der Waals surface area (Å²) in [4.78, 5) is 24.7. The Balaban J connectivity index is 1.79. The number of carbonyl (C=O) groups excluding carboxylic acids is 1. The fourth-order valence-corrected chi connectivity index (χ4v) is 7.03. The number of nitro groups is 1. The highest BCUT2D eigenvalue weighted by Crippen LogP contribution is 2.40. The van der Waals surface area contributed by atoms with E-state index in [0.29, 0.717) is 57.4 Å². The molecule has 1 aliphatic rings. The molecule has 0 radical (unpaired) electrons. The maximum atomic E-state index is 13.6. The summed E-state index contributed by atoms with van der Waals surface area (Å²) in [5, 5.41) is 15.7. The molecule has 0 amide bonds. The average Bonchev–Trinajstić information content (AvgIpc) is 2.86. The van der Waals surface area contributed by atoms with Crippen molar-refractivity contribution >= 4 is 73.8 Å². The summed E-state index contributed by atoms with van der Waals surface area (Å²) < 4.78 is 28.5. The summed E-state index contributed by atoms with van der Waals surface area (Å²) in [5.41, 5.74) is -0.333. The quantitative estimate of drug-likeness (QED) is 0.254. The van der Waals surface area contributed by atoms with Crippen LogP contribution in [-0.2, 0) is 14.8 Å². The Morgan fingerprint density at radius 2 is 1.83 bits per heavy atom. The molecule has 2 aromatic rings. The van der Waals surface area contributed by atoms with E-state index in [1.807, 2.05) is 4.90 Å². The first kappa shape index (κ1) is 28.6. The molecule has 0 aromatic heterocycles. The third kappa shape index (κ3) is 7.08. The van der Waals surface area contributed by atoms with Gasteiger partial charge in [-0.05, 0) is 36.5 Å². The molecule has 2 aromatic carbocycles. The number of nitro benzene ring substituents is 1. The van der Waals surface area contributed by atoms with Gasteiger partial charge in [-0.2, -0.15) is 4.31 Å². The number of ketones is 1. The third-order valence-corrected chi connectivity index (χ3v) is 9.75. The van der Waals surface area contributed by atoms with Crippen molar-refractivity contribution in [1.82, 2.24) is 14.5 Å². The minimum Gasteiger partial charge on any atom is -0.362 e. The van der Waals surface area contributed by atoms with Gasteiger partial charge in [0, 0.05) is 72.5 Å². The highest BCUT2D eigenvalue weighted by molar-refractivity contribution is 8.00. The molecule has 1 N–H and O–H groups in total. The lowest BCUT2D eigenvalue weighted by Crippen LogP contribution is -2.53. The molecule has 1 saturated heterocycles. The molecular weight excluding hydrogens is 567 g/mol. The zero-order valence-electron chi connectivity index (χ0n) is 19.3. The summed E-state index contributed by atoms with van der Waals surface area (Å²) in [7, 11) is -4.08. The highest BCUT2D eigenvalue weighted by Gasteiger charge is 2.32. The van der Waals surface area contributed by atoms with Crippen LogP contribution in [0.5, 0.6) is 0 Å². The number of nitrogens with zero attached hydrogens (tertiary/aromatic N) is 3. The van der Waals surface area contributed by atoms with Crippen LogP contribution in [0, 0.1) is 10.1 Å². The van der Waals surface area contributed by atoms with Gasteiger partial charge in [-0.3, -0.25) is 14.9 Å². The van der Waals surface area contributed by atoms with E-state index < -0.39 is 14.9 Å². The monoisotopic (exact) mass is 590 g/mol. The number of benzene rings is 2. The number of halogens is 2. The Kier molecular flexibility index (Phi) is 9.95. The van der Waals surface area contributed by atoms with E-state index in [1.54, 1.807) is 25.1 Å². The van der Waals surface area contributed by atoms with Crippen LogP contribution < -0.4 is 5.32 Å². The predicted octanol–water partition coefficient (Wildman–Crippen LogP) is 4.60. The van der Waals surface area contributed by atoms with E-state index in [4.69, 9.17) is 35.4 Å². The zero-order valence-corrected chi connectivity index (χ0v) is 23.2. The van der Waals surface area contributed by atoms with Crippen LogP contribution in [0.25, 0.3) is 0 Å². The first-order valence-electron chi connectivity index (χ1n) is 11.0. The molecule has 9 nitrogen and oxygen atoms in total. The van der Waals surface area contributed by atoms with E-state index >= 15 is 0 Å².